The van der Waals surface area contributed by atoms with Gasteiger partial charge in [0.05, 0.1) is 16.3 Å². The van der Waals surface area contributed by atoms with E-state index in [1.165, 1.54) is 12.1 Å². The quantitative estimate of drug-likeness (QED) is 0.421. The van der Waals surface area contributed by atoms with Gasteiger partial charge >= 0.3 is 0 Å². The summed E-state index contributed by atoms with van der Waals surface area (Å²) >= 11 is 0. The fraction of sp³-hybridized carbons (Fsp3) is 0.250. The van der Waals surface area contributed by atoms with Gasteiger partial charge in [-0.05, 0) is 13.0 Å². The Bertz CT molecular complexity index is 325. The van der Waals surface area contributed by atoms with E-state index in [1.807, 2.05) is 6.92 Å². The van der Waals surface area contributed by atoms with E-state index in [1.54, 1.807) is 6.07 Å². The Morgan fingerprint density at radius 3 is 2.77 bits per heavy atom. The Hall–Kier alpha value is -1.78. The van der Waals surface area contributed by atoms with Crippen molar-refractivity contribution in [2.45, 2.75) is 6.92 Å². The van der Waals surface area contributed by atoms with Crippen molar-refractivity contribution in [3.8, 4) is 0 Å². The first kappa shape index (κ1) is 9.31. The van der Waals surface area contributed by atoms with E-state index in [0.29, 0.717) is 5.69 Å². The highest BCUT2D eigenvalue weighted by Gasteiger charge is 2.07. The molecule has 0 heterocycles. The lowest BCUT2D eigenvalue weighted by atomic mass is 10.2. The van der Waals surface area contributed by atoms with E-state index >= 15 is 0 Å². The molecule has 0 atom stereocenters. The van der Waals surface area contributed by atoms with Gasteiger partial charge in [0.25, 0.3) is 5.69 Å². The van der Waals surface area contributed by atoms with Crippen LogP contribution in [0.4, 0.5) is 17.1 Å². The first-order valence-corrected chi connectivity index (χ1v) is 3.93. The molecule has 0 saturated heterocycles. The summed E-state index contributed by atoms with van der Waals surface area (Å²) in [7, 11) is 0. The molecule has 1 aromatic carbocycles. The maximum absolute atomic E-state index is 10.4. The molecule has 0 radical (unpaired) electrons. The molecule has 0 aromatic heterocycles. The number of hydrogen-bond donors (Lipinski definition) is 2. The molecular formula is C8H11N3O2. The summed E-state index contributed by atoms with van der Waals surface area (Å²) in [6.07, 6.45) is 0. The largest absolute Gasteiger partial charge is 0.397 e. The lowest BCUT2D eigenvalue weighted by Gasteiger charge is -2.05. The molecule has 0 fully saturated rings. The van der Waals surface area contributed by atoms with Crippen molar-refractivity contribution >= 4 is 17.1 Å². The molecule has 5 heteroatoms. The summed E-state index contributed by atoms with van der Waals surface area (Å²) in [6, 6.07) is 4.38. The third-order valence-electron chi connectivity index (χ3n) is 1.61. The van der Waals surface area contributed by atoms with Gasteiger partial charge in [0.15, 0.2) is 0 Å². The molecule has 70 valence electrons. The third kappa shape index (κ3) is 2.08. The summed E-state index contributed by atoms with van der Waals surface area (Å²) in [5.74, 6) is 0. The van der Waals surface area contributed by atoms with Crippen molar-refractivity contribution in [1.29, 1.82) is 0 Å². The highest BCUT2D eigenvalue weighted by Crippen LogP contribution is 2.23. The molecule has 0 unspecified atom stereocenters. The van der Waals surface area contributed by atoms with Crippen LogP contribution in [0, 0.1) is 10.1 Å². The second-order valence-electron chi connectivity index (χ2n) is 2.56. The summed E-state index contributed by atoms with van der Waals surface area (Å²) < 4.78 is 0. The molecule has 0 aliphatic carbocycles. The van der Waals surface area contributed by atoms with Gasteiger partial charge in [-0.15, -0.1) is 0 Å². The standard InChI is InChI=1S/C8H11N3O2/c1-2-10-8-4-3-6(11(12)13)5-7(8)9/h3-5,10H,2,9H2,1H3. The highest BCUT2D eigenvalue weighted by atomic mass is 16.6. The van der Waals surface area contributed by atoms with Gasteiger partial charge < -0.3 is 11.1 Å². The van der Waals surface area contributed by atoms with Crippen LogP contribution < -0.4 is 11.1 Å². The number of nitrogen functional groups attached to an aromatic ring is 1. The molecule has 0 spiro atoms. The number of anilines is 2. The van der Waals surface area contributed by atoms with Crippen LogP contribution in [0.5, 0.6) is 0 Å². The van der Waals surface area contributed by atoms with Gasteiger partial charge in [-0.1, -0.05) is 0 Å². The minimum absolute atomic E-state index is 0.0131. The van der Waals surface area contributed by atoms with Gasteiger partial charge in [0.2, 0.25) is 0 Å². The summed E-state index contributed by atoms with van der Waals surface area (Å²) in [4.78, 5) is 9.89. The molecular weight excluding hydrogens is 170 g/mol. The summed E-state index contributed by atoms with van der Waals surface area (Å²) in [6.45, 7) is 2.67. The Balaban J connectivity index is 2.98. The Labute approximate surface area is 75.7 Å². The monoisotopic (exact) mass is 181 g/mol. The van der Waals surface area contributed by atoms with Crippen LogP contribution in [0.25, 0.3) is 0 Å². The number of rotatable bonds is 3. The van der Waals surface area contributed by atoms with Crippen LogP contribution in [-0.4, -0.2) is 11.5 Å². The van der Waals surface area contributed by atoms with E-state index in [4.69, 9.17) is 5.73 Å². The number of benzene rings is 1. The lowest BCUT2D eigenvalue weighted by Crippen LogP contribution is -2.01. The first-order valence-electron chi connectivity index (χ1n) is 3.93. The number of hydrogen-bond acceptors (Lipinski definition) is 4. The normalized spacial score (nSPS) is 9.62. The molecule has 1 rings (SSSR count). The maximum atomic E-state index is 10.4. The topological polar surface area (TPSA) is 81.2 Å². The predicted molar refractivity (Wildman–Crippen MR) is 51.7 cm³/mol. The first-order chi connectivity index (χ1) is 6.15. The Morgan fingerprint density at radius 2 is 2.31 bits per heavy atom. The average Bonchev–Trinajstić information content (AvgIpc) is 2.08. The molecule has 1 aromatic rings. The number of non-ortho nitro benzene ring substituents is 1. The van der Waals surface area contributed by atoms with Crippen molar-refractivity contribution in [3.63, 3.8) is 0 Å². The second kappa shape index (κ2) is 3.75. The molecule has 0 amide bonds. The average molecular weight is 181 g/mol. The van der Waals surface area contributed by atoms with E-state index in [9.17, 15) is 10.1 Å². The smallest absolute Gasteiger partial charge is 0.271 e. The fourth-order valence-electron chi connectivity index (χ4n) is 1.02. The van der Waals surface area contributed by atoms with Crippen LogP contribution >= 0.6 is 0 Å². The zero-order valence-corrected chi connectivity index (χ0v) is 7.28. The number of nitro groups is 1. The molecule has 3 N–H and O–H groups in total. The van der Waals surface area contributed by atoms with E-state index < -0.39 is 4.92 Å². The van der Waals surface area contributed by atoms with Crippen LogP contribution in [0.15, 0.2) is 18.2 Å². The van der Waals surface area contributed by atoms with Crippen molar-refractivity contribution in [2.75, 3.05) is 17.6 Å². The van der Waals surface area contributed by atoms with Gasteiger partial charge in [-0.25, -0.2) is 0 Å². The van der Waals surface area contributed by atoms with Crippen LogP contribution in [-0.2, 0) is 0 Å². The van der Waals surface area contributed by atoms with Gasteiger partial charge in [0.1, 0.15) is 0 Å². The molecule has 0 bridgehead atoms. The minimum atomic E-state index is -0.466. The molecule has 5 nitrogen and oxygen atoms in total. The van der Waals surface area contributed by atoms with Crippen molar-refractivity contribution < 1.29 is 4.92 Å². The summed E-state index contributed by atoms with van der Waals surface area (Å²) in [5, 5.41) is 13.3. The molecule has 0 saturated carbocycles. The lowest BCUT2D eigenvalue weighted by molar-refractivity contribution is -0.384. The van der Waals surface area contributed by atoms with E-state index in [0.717, 1.165) is 12.2 Å². The zero-order chi connectivity index (χ0) is 9.84. The van der Waals surface area contributed by atoms with Crippen molar-refractivity contribution in [3.05, 3.63) is 28.3 Å². The van der Waals surface area contributed by atoms with Gasteiger partial charge in [-0.3, -0.25) is 10.1 Å². The number of nitrogens with two attached hydrogens (primary N) is 1. The number of nitrogens with zero attached hydrogens (tertiary/aromatic N) is 1. The van der Waals surface area contributed by atoms with E-state index in [-0.39, 0.29) is 5.69 Å². The van der Waals surface area contributed by atoms with Gasteiger partial charge in [-0.2, -0.15) is 0 Å². The maximum Gasteiger partial charge on any atom is 0.271 e. The fourth-order valence-corrected chi connectivity index (χ4v) is 1.02. The SMILES string of the molecule is CCNc1ccc([N+](=O)[O-])cc1N. The van der Waals surface area contributed by atoms with Crippen LogP contribution in [0.3, 0.4) is 0 Å². The van der Waals surface area contributed by atoms with E-state index in [2.05, 4.69) is 5.32 Å². The Kier molecular flexibility index (Phi) is 2.69. The second-order valence-corrected chi connectivity index (χ2v) is 2.56. The zero-order valence-electron chi connectivity index (χ0n) is 7.28. The predicted octanol–water partition coefficient (Wildman–Crippen LogP) is 1.61. The van der Waals surface area contributed by atoms with Crippen molar-refractivity contribution in [1.82, 2.24) is 0 Å². The highest BCUT2D eigenvalue weighted by molar-refractivity contribution is 5.69. The minimum Gasteiger partial charge on any atom is -0.397 e. The summed E-state index contributed by atoms with van der Waals surface area (Å²) in [5.41, 5.74) is 6.72. The van der Waals surface area contributed by atoms with Crippen LogP contribution in [0.1, 0.15) is 6.92 Å². The number of nitrogens with one attached hydrogen (secondary N) is 1. The molecule has 0 aliphatic rings. The Morgan fingerprint density at radius 1 is 1.62 bits per heavy atom. The molecule has 0 aliphatic heterocycles. The number of nitro benzene ring substituents is 1. The molecule has 13 heavy (non-hydrogen) atoms. The van der Waals surface area contributed by atoms with Crippen molar-refractivity contribution in [2.24, 2.45) is 0 Å². The van der Waals surface area contributed by atoms with Crippen LogP contribution in [0.2, 0.25) is 0 Å². The van der Waals surface area contributed by atoms with Gasteiger partial charge in [0, 0.05) is 18.7 Å². The third-order valence-corrected chi connectivity index (χ3v) is 1.61.